The number of hydrogen-bond acceptors (Lipinski definition) is 4. The molecule has 28 heavy (non-hydrogen) atoms. The number of ether oxygens (including phenoxy) is 2. The van der Waals surface area contributed by atoms with Crippen LogP contribution in [-0.4, -0.2) is 35.8 Å². The zero-order chi connectivity index (χ0) is 19.6. The van der Waals surface area contributed by atoms with Crippen molar-refractivity contribution < 1.29 is 14.6 Å². The minimum atomic E-state index is -0.770. The SMILES string of the molecule is C#CCOc1ccccc1CN1C2CCC1CC(O)(c1ccc(OC)cc1)C2. The summed E-state index contributed by atoms with van der Waals surface area (Å²) in [6.45, 7) is 1.11. The van der Waals surface area contributed by atoms with Gasteiger partial charge in [0.25, 0.3) is 0 Å². The number of para-hydroxylation sites is 1. The first-order valence-electron chi connectivity index (χ1n) is 9.90. The Labute approximate surface area is 167 Å². The second-order valence-corrected chi connectivity index (χ2v) is 7.83. The van der Waals surface area contributed by atoms with E-state index in [2.05, 4.69) is 16.9 Å². The van der Waals surface area contributed by atoms with Gasteiger partial charge in [0, 0.05) is 24.2 Å². The summed E-state index contributed by atoms with van der Waals surface area (Å²) in [7, 11) is 1.66. The predicted molar refractivity (Wildman–Crippen MR) is 109 cm³/mol. The molecule has 4 nitrogen and oxygen atoms in total. The molecule has 2 heterocycles. The highest BCUT2D eigenvalue weighted by Crippen LogP contribution is 2.46. The molecule has 0 spiro atoms. The first-order valence-corrected chi connectivity index (χ1v) is 9.90. The summed E-state index contributed by atoms with van der Waals surface area (Å²) in [6.07, 6.45) is 9.10. The lowest BCUT2D eigenvalue weighted by atomic mass is 9.80. The zero-order valence-electron chi connectivity index (χ0n) is 16.3. The van der Waals surface area contributed by atoms with Crippen molar-refractivity contribution in [3.63, 3.8) is 0 Å². The number of terminal acetylenes is 1. The lowest BCUT2D eigenvalue weighted by molar-refractivity contribution is -0.0596. The number of nitrogens with zero attached hydrogens (tertiary/aromatic N) is 1. The Kier molecular flexibility index (Phi) is 5.30. The van der Waals surface area contributed by atoms with Crippen LogP contribution in [0, 0.1) is 12.3 Å². The van der Waals surface area contributed by atoms with Crippen molar-refractivity contribution in [2.45, 2.75) is 49.9 Å². The standard InChI is InChI=1S/C24H27NO3/c1-3-14-28-23-7-5-4-6-18(23)17-25-20-10-11-21(25)16-24(26,15-20)19-8-12-22(27-2)13-9-19/h1,4-9,12-13,20-21,26H,10-11,14-17H2,2H3. The number of hydrogen-bond donors (Lipinski definition) is 1. The third kappa shape index (κ3) is 3.61. The molecule has 0 saturated carbocycles. The van der Waals surface area contributed by atoms with Crippen LogP contribution in [0.3, 0.4) is 0 Å². The van der Waals surface area contributed by atoms with Gasteiger partial charge < -0.3 is 14.6 Å². The molecule has 2 fully saturated rings. The van der Waals surface area contributed by atoms with Crippen LogP contribution in [-0.2, 0) is 12.1 Å². The molecule has 2 aliphatic heterocycles. The summed E-state index contributed by atoms with van der Waals surface area (Å²) < 4.78 is 11.0. The molecule has 2 aromatic carbocycles. The molecule has 1 N–H and O–H groups in total. The van der Waals surface area contributed by atoms with Crippen molar-refractivity contribution in [2.75, 3.05) is 13.7 Å². The molecule has 0 amide bonds. The molecule has 0 radical (unpaired) electrons. The molecular formula is C24H27NO3. The van der Waals surface area contributed by atoms with Crippen LogP contribution in [0.15, 0.2) is 48.5 Å². The molecule has 2 atom stereocenters. The van der Waals surface area contributed by atoms with Gasteiger partial charge in [0.1, 0.15) is 18.1 Å². The van der Waals surface area contributed by atoms with Crippen LogP contribution in [0.5, 0.6) is 11.5 Å². The third-order valence-corrected chi connectivity index (χ3v) is 6.18. The summed E-state index contributed by atoms with van der Waals surface area (Å²) >= 11 is 0. The molecule has 2 bridgehead atoms. The normalized spacial score (nSPS) is 26.6. The summed E-state index contributed by atoms with van der Waals surface area (Å²) in [5.41, 5.74) is 1.38. The molecule has 2 aromatic rings. The molecule has 2 unspecified atom stereocenters. The molecule has 4 rings (SSSR count). The van der Waals surface area contributed by atoms with E-state index < -0.39 is 5.60 Å². The molecule has 146 valence electrons. The number of rotatable bonds is 6. The van der Waals surface area contributed by atoms with Gasteiger partial charge in [0.2, 0.25) is 0 Å². The highest BCUT2D eigenvalue weighted by molar-refractivity contribution is 5.35. The van der Waals surface area contributed by atoms with Crippen LogP contribution >= 0.6 is 0 Å². The third-order valence-electron chi connectivity index (χ3n) is 6.18. The number of piperidine rings is 1. The second kappa shape index (κ2) is 7.87. The van der Waals surface area contributed by atoms with E-state index in [1.165, 1.54) is 0 Å². The lowest BCUT2D eigenvalue weighted by Gasteiger charge is -2.44. The number of methoxy groups -OCH3 is 1. The highest BCUT2D eigenvalue weighted by Gasteiger charge is 2.48. The Morgan fingerprint density at radius 3 is 2.43 bits per heavy atom. The smallest absolute Gasteiger partial charge is 0.148 e. The monoisotopic (exact) mass is 377 g/mol. The minimum Gasteiger partial charge on any atom is -0.497 e. The number of benzene rings is 2. The van der Waals surface area contributed by atoms with E-state index in [0.29, 0.717) is 12.1 Å². The van der Waals surface area contributed by atoms with Crippen LogP contribution in [0.4, 0.5) is 0 Å². The van der Waals surface area contributed by atoms with Gasteiger partial charge in [-0.25, -0.2) is 0 Å². The average molecular weight is 377 g/mol. The first-order chi connectivity index (χ1) is 13.6. The Bertz CT molecular complexity index is 841. The Morgan fingerprint density at radius 1 is 1.11 bits per heavy atom. The van der Waals surface area contributed by atoms with Crippen LogP contribution < -0.4 is 9.47 Å². The van der Waals surface area contributed by atoms with Gasteiger partial charge in [0.05, 0.1) is 12.7 Å². The van der Waals surface area contributed by atoms with Gasteiger partial charge in [-0.05, 0) is 49.4 Å². The summed E-state index contributed by atoms with van der Waals surface area (Å²) in [6, 6.07) is 16.7. The minimum absolute atomic E-state index is 0.279. The maximum Gasteiger partial charge on any atom is 0.148 e. The number of fused-ring (bicyclic) bond motifs is 2. The molecular weight excluding hydrogens is 350 g/mol. The van der Waals surface area contributed by atoms with Crippen molar-refractivity contribution in [3.8, 4) is 23.8 Å². The lowest BCUT2D eigenvalue weighted by Crippen LogP contribution is -2.49. The first kappa shape index (κ1) is 18.9. The van der Waals surface area contributed by atoms with E-state index in [-0.39, 0.29) is 6.61 Å². The summed E-state index contributed by atoms with van der Waals surface area (Å²) in [5, 5.41) is 11.4. The van der Waals surface area contributed by atoms with Gasteiger partial charge in [-0.2, -0.15) is 0 Å². The van der Waals surface area contributed by atoms with Crippen molar-refractivity contribution >= 4 is 0 Å². The largest absolute Gasteiger partial charge is 0.497 e. The fourth-order valence-corrected chi connectivity index (χ4v) is 4.80. The van der Waals surface area contributed by atoms with Crippen molar-refractivity contribution in [1.29, 1.82) is 0 Å². The molecule has 2 aliphatic rings. The van der Waals surface area contributed by atoms with E-state index in [4.69, 9.17) is 15.9 Å². The zero-order valence-corrected chi connectivity index (χ0v) is 16.3. The quantitative estimate of drug-likeness (QED) is 0.779. The highest BCUT2D eigenvalue weighted by atomic mass is 16.5. The molecule has 0 aliphatic carbocycles. The topological polar surface area (TPSA) is 41.9 Å². The van der Waals surface area contributed by atoms with Gasteiger partial charge in [-0.1, -0.05) is 36.3 Å². The average Bonchev–Trinajstić information content (AvgIpc) is 2.97. The van der Waals surface area contributed by atoms with E-state index in [1.807, 2.05) is 42.5 Å². The van der Waals surface area contributed by atoms with Gasteiger partial charge in [0.15, 0.2) is 0 Å². The Morgan fingerprint density at radius 2 is 1.79 bits per heavy atom. The van der Waals surface area contributed by atoms with Gasteiger partial charge >= 0.3 is 0 Å². The van der Waals surface area contributed by atoms with E-state index >= 15 is 0 Å². The van der Waals surface area contributed by atoms with Crippen LogP contribution in [0.2, 0.25) is 0 Å². The van der Waals surface area contributed by atoms with Crippen molar-refractivity contribution in [3.05, 3.63) is 59.7 Å². The van der Waals surface area contributed by atoms with E-state index in [0.717, 1.165) is 54.9 Å². The van der Waals surface area contributed by atoms with E-state index in [1.54, 1.807) is 7.11 Å². The second-order valence-electron chi connectivity index (χ2n) is 7.83. The van der Waals surface area contributed by atoms with Gasteiger partial charge in [-0.15, -0.1) is 6.42 Å². The van der Waals surface area contributed by atoms with Crippen LogP contribution in [0.1, 0.15) is 36.8 Å². The summed E-state index contributed by atoms with van der Waals surface area (Å²) in [4.78, 5) is 2.54. The Balaban J connectivity index is 1.51. The van der Waals surface area contributed by atoms with Crippen molar-refractivity contribution in [1.82, 2.24) is 4.90 Å². The molecule has 4 heteroatoms. The summed E-state index contributed by atoms with van der Waals surface area (Å²) in [5.74, 6) is 4.21. The predicted octanol–water partition coefficient (Wildman–Crippen LogP) is 3.72. The van der Waals surface area contributed by atoms with Gasteiger partial charge in [-0.3, -0.25) is 4.90 Å². The molecule has 0 aromatic heterocycles. The van der Waals surface area contributed by atoms with Crippen LogP contribution in [0.25, 0.3) is 0 Å². The maximum absolute atomic E-state index is 11.4. The van der Waals surface area contributed by atoms with E-state index in [9.17, 15) is 5.11 Å². The fourth-order valence-electron chi connectivity index (χ4n) is 4.80. The maximum atomic E-state index is 11.4. The fraction of sp³-hybridized carbons (Fsp3) is 0.417. The number of aliphatic hydroxyl groups is 1. The van der Waals surface area contributed by atoms with Crippen molar-refractivity contribution in [2.24, 2.45) is 0 Å². The Hall–Kier alpha value is -2.48. The molecule has 2 saturated heterocycles.